The smallest absolute Gasteiger partial charge is 0.225 e. The summed E-state index contributed by atoms with van der Waals surface area (Å²) >= 11 is 0. The lowest BCUT2D eigenvalue weighted by Crippen LogP contribution is -2.46. The first-order valence-electron chi connectivity index (χ1n) is 9.59. The number of halogens is 1. The van der Waals surface area contributed by atoms with Crippen molar-refractivity contribution in [2.45, 2.75) is 12.5 Å². The summed E-state index contributed by atoms with van der Waals surface area (Å²) in [5.41, 5.74) is 2.03. The standard InChI is InChI=1S/C22H21FN6/c23-19-6-2-1-5-17(19)16-28-11-13-29(14-12-28)22-26-10-8-21(27-22)18(15-24)20-7-3-4-9-25-20/h1-10,18H,11-14,16H2. The first-order chi connectivity index (χ1) is 14.2. The van der Waals surface area contributed by atoms with Crippen LogP contribution in [0.25, 0.3) is 0 Å². The van der Waals surface area contributed by atoms with Gasteiger partial charge < -0.3 is 4.90 Å². The molecular formula is C22H21FN6. The number of hydrogen-bond acceptors (Lipinski definition) is 6. The Kier molecular flexibility index (Phi) is 5.73. The van der Waals surface area contributed by atoms with Crippen molar-refractivity contribution in [1.29, 1.82) is 5.26 Å². The molecule has 1 aliphatic rings. The highest BCUT2D eigenvalue weighted by molar-refractivity contribution is 5.36. The maximum absolute atomic E-state index is 13.9. The molecule has 0 saturated carbocycles. The second-order valence-corrected chi connectivity index (χ2v) is 6.95. The molecule has 0 amide bonds. The lowest BCUT2D eigenvalue weighted by molar-refractivity contribution is 0.245. The monoisotopic (exact) mass is 388 g/mol. The van der Waals surface area contributed by atoms with E-state index in [-0.39, 0.29) is 5.82 Å². The van der Waals surface area contributed by atoms with E-state index in [0.717, 1.165) is 26.2 Å². The quantitative estimate of drug-likeness (QED) is 0.669. The number of nitrogens with zero attached hydrogens (tertiary/aromatic N) is 6. The molecule has 0 radical (unpaired) electrons. The summed E-state index contributed by atoms with van der Waals surface area (Å²) in [5.74, 6) is -0.0763. The van der Waals surface area contributed by atoms with Crippen molar-refractivity contribution in [2.24, 2.45) is 0 Å². The molecule has 1 unspecified atom stereocenters. The maximum atomic E-state index is 13.9. The first kappa shape index (κ1) is 19.0. The van der Waals surface area contributed by atoms with Gasteiger partial charge in [-0.05, 0) is 24.3 Å². The molecule has 0 bridgehead atoms. The van der Waals surface area contributed by atoms with Crippen LogP contribution in [0.3, 0.4) is 0 Å². The molecule has 0 spiro atoms. The number of pyridine rings is 1. The number of anilines is 1. The van der Waals surface area contributed by atoms with Gasteiger partial charge in [-0.25, -0.2) is 14.4 Å². The molecule has 3 heterocycles. The Hall–Kier alpha value is -3.37. The van der Waals surface area contributed by atoms with Crippen molar-refractivity contribution < 1.29 is 4.39 Å². The molecule has 1 aromatic carbocycles. The van der Waals surface area contributed by atoms with E-state index in [0.29, 0.717) is 29.4 Å². The van der Waals surface area contributed by atoms with Crippen LogP contribution in [0.2, 0.25) is 0 Å². The number of nitriles is 1. The molecule has 6 nitrogen and oxygen atoms in total. The summed E-state index contributed by atoms with van der Waals surface area (Å²) < 4.78 is 13.9. The topological polar surface area (TPSA) is 68.9 Å². The average Bonchev–Trinajstić information content (AvgIpc) is 2.77. The van der Waals surface area contributed by atoms with Gasteiger partial charge in [-0.3, -0.25) is 9.88 Å². The summed E-state index contributed by atoms with van der Waals surface area (Å²) in [6.45, 7) is 3.68. The fourth-order valence-electron chi connectivity index (χ4n) is 3.48. The van der Waals surface area contributed by atoms with Gasteiger partial charge in [-0.15, -0.1) is 0 Å². The van der Waals surface area contributed by atoms with Crippen LogP contribution in [0.4, 0.5) is 10.3 Å². The minimum absolute atomic E-state index is 0.164. The molecule has 1 fully saturated rings. The SMILES string of the molecule is N#CC(c1ccccn1)c1ccnc(N2CCN(Cc3ccccc3F)CC2)n1. The number of hydrogen-bond donors (Lipinski definition) is 0. The normalized spacial score (nSPS) is 15.7. The van der Waals surface area contributed by atoms with Crippen LogP contribution in [-0.4, -0.2) is 46.0 Å². The number of benzene rings is 1. The molecule has 3 aromatic rings. The van der Waals surface area contributed by atoms with E-state index >= 15 is 0 Å². The Balaban J connectivity index is 1.43. The second-order valence-electron chi connectivity index (χ2n) is 6.95. The molecule has 29 heavy (non-hydrogen) atoms. The van der Waals surface area contributed by atoms with Crippen molar-refractivity contribution >= 4 is 5.95 Å². The highest BCUT2D eigenvalue weighted by Crippen LogP contribution is 2.22. The van der Waals surface area contributed by atoms with E-state index in [4.69, 9.17) is 0 Å². The van der Waals surface area contributed by atoms with E-state index in [2.05, 4.69) is 30.8 Å². The lowest BCUT2D eigenvalue weighted by atomic mass is 10.0. The van der Waals surface area contributed by atoms with Gasteiger partial charge in [0.1, 0.15) is 11.7 Å². The maximum Gasteiger partial charge on any atom is 0.225 e. The molecule has 1 saturated heterocycles. The number of piperazine rings is 1. The molecule has 1 atom stereocenters. The zero-order valence-electron chi connectivity index (χ0n) is 15.9. The molecule has 0 aliphatic carbocycles. The molecule has 7 heteroatoms. The Labute approximate surface area is 169 Å². The van der Waals surface area contributed by atoms with Gasteiger partial charge >= 0.3 is 0 Å². The predicted octanol–water partition coefficient (Wildman–Crippen LogP) is 2.99. The Morgan fingerprint density at radius 1 is 0.931 bits per heavy atom. The van der Waals surface area contributed by atoms with Crippen molar-refractivity contribution in [3.63, 3.8) is 0 Å². The summed E-state index contributed by atoms with van der Waals surface area (Å²) in [6, 6.07) is 16.5. The highest BCUT2D eigenvalue weighted by atomic mass is 19.1. The lowest BCUT2D eigenvalue weighted by Gasteiger charge is -2.34. The predicted molar refractivity (Wildman–Crippen MR) is 108 cm³/mol. The summed E-state index contributed by atoms with van der Waals surface area (Å²) in [4.78, 5) is 17.7. The van der Waals surface area contributed by atoms with Gasteiger partial charge in [0.05, 0.1) is 17.5 Å². The Bertz CT molecular complexity index is 995. The molecule has 4 rings (SSSR count). The molecular weight excluding hydrogens is 367 g/mol. The van der Waals surface area contributed by atoms with Gasteiger partial charge in [0, 0.05) is 50.7 Å². The number of aromatic nitrogens is 3. The summed E-state index contributed by atoms with van der Waals surface area (Å²) in [6.07, 6.45) is 3.37. The van der Waals surface area contributed by atoms with E-state index < -0.39 is 5.92 Å². The largest absolute Gasteiger partial charge is 0.338 e. The first-order valence-corrected chi connectivity index (χ1v) is 9.59. The van der Waals surface area contributed by atoms with E-state index in [9.17, 15) is 9.65 Å². The average molecular weight is 388 g/mol. The van der Waals surface area contributed by atoms with Crippen molar-refractivity contribution in [2.75, 3.05) is 31.1 Å². The van der Waals surface area contributed by atoms with E-state index in [1.807, 2.05) is 30.3 Å². The van der Waals surface area contributed by atoms with Crippen LogP contribution in [0.1, 0.15) is 22.9 Å². The zero-order valence-corrected chi connectivity index (χ0v) is 15.9. The third-order valence-corrected chi connectivity index (χ3v) is 5.08. The fourth-order valence-corrected chi connectivity index (χ4v) is 3.48. The van der Waals surface area contributed by atoms with Crippen LogP contribution in [0.15, 0.2) is 60.9 Å². The highest BCUT2D eigenvalue weighted by Gasteiger charge is 2.22. The fraction of sp³-hybridized carbons (Fsp3) is 0.273. The van der Waals surface area contributed by atoms with Gasteiger partial charge in [-0.2, -0.15) is 5.26 Å². The van der Waals surface area contributed by atoms with Crippen molar-refractivity contribution in [1.82, 2.24) is 19.9 Å². The molecule has 2 aromatic heterocycles. The van der Waals surface area contributed by atoms with Crippen LogP contribution >= 0.6 is 0 Å². The second kappa shape index (κ2) is 8.76. The zero-order chi connectivity index (χ0) is 20.1. The summed E-state index contributed by atoms with van der Waals surface area (Å²) in [7, 11) is 0. The minimum Gasteiger partial charge on any atom is -0.338 e. The summed E-state index contributed by atoms with van der Waals surface area (Å²) in [5, 5.41) is 9.63. The Morgan fingerprint density at radius 3 is 2.45 bits per heavy atom. The molecule has 0 N–H and O–H groups in total. The van der Waals surface area contributed by atoms with Gasteiger partial charge in [-0.1, -0.05) is 24.3 Å². The minimum atomic E-state index is -0.528. The molecule has 1 aliphatic heterocycles. The Morgan fingerprint density at radius 2 is 1.72 bits per heavy atom. The van der Waals surface area contributed by atoms with E-state index in [1.165, 1.54) is 6.07 Å². The molecule has 146 valence electrons. The van der Waals surface area contributed by atoms with Gasteiger partial charge in [0.25, 0.3) is 0 Å². The van der Waals surface area contributed by atoms with Gasteiger partial charge in [0.2, 0.25) is 5.95 Å². The van der Waals surface area contributed by atoms with Crippen LogP contribution in [0, 0.1) is 17.1 Å². The van der Waals surface area contributed by atoms with E-state index in [1.54, 1.807) is 24.5 Å². The van der Waals surface area contributed by atoms with Crippen molar-refractivity contribution in [3.05, 3.63) is 83.7 Å². The van der Waals surface area contributed by atoms with Crippen LogP contribution in [-0.2, 0) is 6.54 Å². The van der Waals surface area contributed by atoms with Crippen LogP contribution in [0.5, 0.6) is 0 Å². The third-order valence-electron chi connectivity index (χ3n) is 5.08. The van der Waals surface area contributed by atoms with Crippen molar-refractivity contribution in [3.8, 4) is 6.07 Å². The number of rotatable bonds is 5. The third kappa shape index (κ3) is 4.39. The van der Waals surface area contributed by atoms with Gasteiger partial charge in [0.15, 0.2) is 0 Å². The van der Waals surface area contributed by atoms with Crippen LogP contribution < -0.4 is 4.90 Å².